The highest BCUT2D eigenvalue weighted by Crippen LogP contribution is 2.24. The van der Waals surface area contributed by atoms with Crippen molar-refractivity contribution in [2.45, 2.75) is 16.6 Å². The van der Waals surface area contributed by atoms with E-state index in [1.54, 1.807) is 6.07 Å². The second-order valence-electron chi connectivity index (χ2n) is 5.93. The molecule has 0 radical (unpaired) electrons. The first-order valence-corrected chi connectivity index (χ1v) is 9.55. The summed E-state index contributed by atoms with van der Waals surface area (Å²) in [5, 5.41) is 9.94. The number of rotatable bonds is 6. The first-order valence-electron chi connectivity index (χ1n) is 8.00. The highest BCUT2D eigenvalue weighted by molar-refractivity contribution is 7.92. The Bertz CT molecular complexity index is 1040. The van der Waals surface area contributed by atoms with Gasteiger partial charge in [-0.25, -0.2) is 8.42 Å². The number of hydrogen-bond acceptors (Lipinski definition) is 4. The molecule has 3 aromatic rings. The quantitative estimate of drug-likeness (QED) is 0.720. The lowest BCUT2D eigenvalue weighted by Crippen LogP contribution is -2.32. The van der Waals surface area contributed by atoms with Gasteiger partial charge in [-0.2, -0.15) is 0 Å². The van der Waals surface area contributed by atoms with Gasteiger partial charge in [-0.15, -0.1) is 0 Å². The van der Waals surface area contributed by atoms with E-state index in [1.807, 2.05) is 36.4 Å². The van der Waals surface area contributed by atoms with Crippen LogP contribution in [0.5, 0.6) is 5.75 Å². The van der Waals surface area contributed by atoms with E-state index in [0.29, 0.717) is 11.3 Å². The SMILES string of the molecule is COc1ccc(S(=O)(=O)C(Cc2ccc3ccccc3c2)C(=O)O)cc1. The minimum Gasteiger partial charge on any atom is -0.497 e. The van der Waals surface area contributed by atoms with Crippen LogP contribution in [0.25, 0.3) is 10.8 Å². The molecule has 0 aliphatic heterocycles. The minimum atomic E-state index is -4.03. The molecule has 3 aromatic carbocycles. The standard InChI is InChI=1S/C20H18O5S/c1-25-17-8-10-18(11-9-17)26(23,24)19(20(21)22)13-14-6-7-15-4-2-3-5-16(15)12-14/h2-12,19H,13H2,1H3,(H,21,22). The maximum Gasteiger partial charge on any atom is 0.322 e. The van der Waals surface area contributed by atoms with Crippen LogP contribution in [-0.2, 0) is 21.1 Å². The van der Waals surface area contributed by atoms with Crippen molar-refractivity contribution in [2.24, 2.45) is 0 Å². The Morgan fingerprint density at radius 3 is 2.27 bits per heavy atom. The van der Waals surface area contributed by atoms with Crippen LogP contribution in [0, 0.1) is 0 Å². The predicted octanol–water partition coefficient (Wildman–Crippen LogP) is 3.32. The van der Waals surface area contributed by atoms with Gasteiger partial charge in [0.2, 0.25) is 0 Å². The second kappa shape index (κ2) is 7.17. The van der Waals surface area contributed by atoms with Gasteiger partial charge in [0.15, 0.2) is 15.1 Å². The Labute approximate surface area is 151 Å². The van der Waals surface area contributed by atoms with E-state index in [0.717, 1.165) is 10.8 Å². The number of sulfone groups is 1. The number of aliphatic carboxylic acids is 1. The summed E-state index contributed by atoms with van der Waals surface area (Å²) in [6, 6.07) is 18.8. The average molecular weight is 370 g/mol. The van der Waals surface area contributed by atoms with E-state index in [2.05, 4.69) is 0 Å². The average Bonchev–Trinajstić information content (AvgIpc) is 2.65. The maximum atomic E-state index is 12.8. The number of methoxy groups -OCH3 is 1. The van der Waals surface area contributed by atoms with Crippen molar-refractivity contribution >= 4 is 26.6 Å². The predicted molar refractivity (Wildman–Crippen MR) is 99.3 cm³/mol. The summed E-state index contributed by atoms with van der Waals surface area (Å²) in [6.07, 6.45) is -0.103. The Balaban J connectivity index is 1.95. The van der Waals surface area contributed by atoms with E-state index in [9.17, 15) is 18.3 Å². The summed E-state index contributed by atoms with van der Waals surface area (Å²) in [7, 11) is -2.56. The van der Waals surface area contributed by atoms with Crippen molar-refractivity contribution in [2.75, 3.05) is 7.11 Å². The summed E-state index contributed by atoms with van der Waals surface area (Å²) < 4.78 is 30.7. The highest BCUT2D eigenvalue weighted by Gasteiger charge is 2.34. The molecule has 0 aliphatic carbocycles. The Morgan fingerprint density at radius 1 is 1.00 bits per heavy atom. The Kier molecular flexibility index (Phi) is 4.95. The molecule has 0 heterocycles. The van der Waals surface area contributed by atoms with Gasteiger partial charge in [0.05, 0.1) is 12.0 Å². The third-order valence-electron chi connectivity index (χ3n) is 4.27. The molecule has 26 heavy (non-hydrogen) atoms. The molecule has 0 amide bonds. The fourth-order valence-corrected chi connectivity index (χ4v) is 4.36. The first kappa shape index (κ1) is 17.9. The summed E-state index contributed by atoms with van der Waals surface area (Å²) in [5.74, 6) is -0.862. The van der Waals surface area contributed by atoms with Gasteiger partial charge in [-0.1, -0.05) is 42.5 Å². The van der Waals surface area contributed by atoms with E-state index in [1.165, 1.54) is 31.4 Å². The zero-order valence-corrected chi connectivity index (χ0v) is 14.9. The molecular formula is C20H18O5S. The fraction of sp³-hybridized carbons (Fsp3) is 0.150. The molecule has 1 atom stereocenters. The number of carboxylic acid groups (broad SMARTS) is 1. The van der Waals surface area contributed by atoms with Gasteiger partial charge in [0, 0.05) is 6.42 Å². The van der Waals surface area contributed by atoms with Crippen LogP contribution < -0.4 is 4.74 Å². The van der Waals surface area contributed by atoms with Gasteiger partial charge in [0.25, 0.3) is 0 Å². The molecule has 6 heteroatoms. The lowest BCUT2D eigenvalue weighted by Gasteiger charge is -2.14. The van der Waals surface area contributed by atoms with Gasteiger partial charge < -0.3 is 9.84 Å². The van der Waals surface area contributed by atoms with Crippen LogP contribution >= 0.6 is 0 Å². The third kappa shape index (κ3) is 3.55. The van der Waals surface area contributed by atoms with Gasteiger partial charge in [-0.3, -0.25) is 4.79 Å². The Morgan fingerprint density at radius 2 is 1.65 bits per heavy atom. The van der Waals surface area contributed by atoms with Crippen molar-refractivity contribution < 1.29 is 23.1 Å². The van der Waals surface area contributed by atoms with Gasteiger partial charge in [-0.05, 0) is 40.6 Å². The van der Waals surface area contributed by atoms with E-state index < -0.39 is 21.1 Å². The van der Waals surface area contributed by atoms with Crippen LogP contribution in [0.1, 0.15) is 5.56 Å². The van der Waals surface area contributed by atoms with E-state index >= 15 is 0 Å². The summed E-state index contributed by atoms with van der Waals surface area (Å²) in [4.78, 5) is 11.7. The molecule has 1 N–H and O–H groups in total. The number of ether oxygens (including phenoxy) is 1. The molecule has 0 saturated heterocycles. The molecular weight excluding hydrogens is 352 g/mol. The summed E-state index contributed by atoms with van der Waals surface area (Å²) in [6.45, 7) is 0. The summed E-state index contributed by atoms with van der Waals surface area (Å²) >= 11 is 0. The van der Waals surface area contributed by atoms with Crippen molar-refractivity contribution in [3.05, 3.63) is 72.3 Å². The zero-order chi connectivity index (χ0) is 18.7. The first-order chi connectivity index (χ1) is 12.4. The molecule has 0 bridgehead atoms. The second-order valence-corrected chi connectivity index (χ2v) is 8.06. The third-order valence-corrected chi connectivity index (χ3v) is 6.32. The van der Waals surface area contributed by atoms with Gasteiger partial charge in [0.1, 0.15) is 5.75 Å². The van der Waals surface area contributed by atoms with Crippen molar-refractivity contribution in [1.82, 2.24) is 0 Å². The molecule has 1 unspecified atom stereocenters. The van der Waals surface area contributed by atoms with Crippen LogP contribution in [0.3, 0.4) is 0 Å². The largest absolute Gasteiger partial charge is 0.497 e. The lowest BCUT2D eigenvalue weighted by molar-refractivity contribution is -0.136. The number of carboxylic acids is 1. The Hall–Kier alpha value is -2.86. The molecule has 0 spiro atoms. The van der Waals surface area contributed by atoms with Crippen molar-refractivity contribution in [3.8, 4) is 5.75 Å². The fourth-order valence-electron chi connectivity index (χ4n) is 2.84. The molecule has 0 aliphatic rings. The lowest BCUT2D eigenvalue weighted by atomic mass is 10.0. The number of fused-ring (bicyclic) bond motifs is 1. The topological polar surface area (TPSA) is 80.7 Å². The minimum absolute atomic E-state index is 0.0357. The number of carbonyl (C=O) groups is 1. The number of benzene rings is 3. The van der Waals surface area contributed by atoms with Crippen LogP contribution in [0.4, 0.5) is 0 Å². The normalized spacial score (nSPS) is 12.7. The summed E-state index contributed by atoms with van der Waals surface area (Å²) in [5.41, 5.74) is 0.660. The van der Waals surface area contributed by atoms with Crippen LogP contribution in [0.15, 0.2) is 71.6 Å². The zero-order valence-electron chi connectivity index (χ0n) is 14.1. The molecule has 0 fully saturated rings. The monoisotopic (exact) mass is 370 g/mol. The van der Waals surface area contributed by atoms with Crippen molar-refractivity contribution in [1.29, 1.82) is 0 Å². The van der Waals surface area contributed by atoms with Crippen LogP contribution in [0.2, 0.25) is 0 Å². The highest BCUT2D eigenvalue weighted by atomic mass is 32.2. The number of hydrogen-bond donors (Lipinski definition) is 1. The molecule has 0 saturated carbocycles. The van der Waals surface area contributed by atoms with E-state index in [-0.39, 0.29) is 11.3 Å². The maximum absolute atomic E-state index is 12.8. The molecule has 134 valence electrons. The molecule has 3 rings (SSSR count). The van der Waals surface area contributed by atoms with Crippen molar-refractivity contribution in [3.63, 3.8) is 0 Å². The smallest absolute Gasteiger partial charge is 0.322 e. The molecule has 5 nitrogen and oxygen atoms in total. The molecule has 0 aromatic heterocycles. The van der Waals surface area contributed by atoms with E-state index in [4.69, 9.17) is 4.74 Å². The van der Waals surface area contributed by atoms with Gasteiger partial charge >= 0.3 is 5.97 Å². The van der Waals surface area contributed by atoms with Crippen LogP contribution in [-0.4, -0.2) is 31.9 Å².